The molecule has 0 amide bonds. The number of rotatable bonds is 2. The molecule has 3 rings (SSSR count). The predicted octanol–water partition coefficient (Wildman–Crippen LogP) is 2.13. The molecule has 0 radical (unpaired) electrons. The molecular formula is C13H14N4. The molecule has 0 unspecified atom stereocenters. The Bertz CT molecular complexity index is 551. The second kappa shape index (κ2) is 4.14. The van der Waals surface area contributed by atoms with Gasteiger partial charge in [0.2, 0.25) is 0 Å². The molecule has 2 heterocycles. The average molecular weight is 226 g/mol. The van der Waals surface area contributed by atoms with Crippen molar-refractivity contribution in [3.05, 3.63) is 47.4 Å². The molecule has 0 aliphatic carbocycles. The fourth-order valence-electron chi connectivity index (χ4n) is 2.06. The van der Waals surface area contributed by atoms with E-state index in [1.807, 2.05) is 12.1 Å². The van der Waals surface area contributed by atoms with E-state index in [9.17, 15) is 0 Å². The number of anilines is 2. The summed E-state index contributed by atoms with van der Waals surface area (Å²) in [6.45, 7) is 3.75. The lowest BCUT2D eigenvalue weighted by Gasteiger charge is -2.09. The van der Waals surface area contributed by atoms with Crippen LogP contribution in [-0.4, -0.2) is 9.97 Å². The highest BCUT2D eigenvalue weighted by Gasteiger charge is 2.16. The number of nitrogens with zero attached hydrogens (tertiary/aromatic N) is 2. The number of nitrogens with one attached hydrogen (secondary N) is 2. The quantitative estimate of drug-likeness (QED) is 0.823. The predicted molar refractivity (Wildman–Crippen MR) is 67.0 cm³/mol. The highest BCUT2D eigenvalue weighted by Crippen LogP contribution is 2.23. The first kappa shape index (κ1) is 10.2. The number of fused-ring (bicyclic) bond motifs is 1. The van der Waals surface area contributed by atoms with Gasteiger partial charge in [-0.25, -0.2) is 9.97 Å². The molecule has 1 aromatic heterocycles. The van der Waals surface area contributed by atoms with Gasteiger partial charge in [0.15, 0.2) is 0 Å². The van der Waals surface area contributed by atoms with Crippen molar-refractivity contribution in [1.82, 2.24) is 15.3 Å². The van der Waals surface area contributed by atoms with Crippen LogP contribution in [0.2, 0.25) is 0 Å². The van der Waals surface area contributed by atoms with Crippen molar-refractivity contribution >= 4 is 11.5 Å². The van der Waals surface area contributed by atoms with Gasteiger partial charge in [-0.2, -0.15) is 0 Å². The number of aryl methyl sites for hydroxylation is 1. The summed E-state index contributed by atoms with van der Waals surface area (Å²) in [5.41, 5.74) is 4.57. The monoisotopic (exact) mass is 226 g/mol. The molecule has 2 aromatic rings. The Balaban J connectivity index is 1.93. The summed E-state index contributed by atoms with van der Waals surface area (Å²) >= 11 is 0. The second-order valence-electron chi connectivity index (χ2n) is 4.25. The van der Waals surface area contributed by atoms with Gasteiger partial charge in [-0.05, 0) is 24.6 Å². The third-order valence-electron chi connectivity index (χ3n) is 2.91. The normalized spacial score (nSPS) is 13.5. The minimum atomic E-state index is 0.834. The Morgan fingerprint density at radius 3 is 3.06 bits per heavy atom. The van der Waals surface area contributed by atoms with E-state index in [1.54, 1.807) is 6.33 Å². The zero-order valence-corrected chi connectivity index (χ0v) is 9.70. The van der Waals surface area contributed by atoms with Crippen molar-refractivity contribution in [3.8, 4) is 0 Å². The van der Waals surface area contributed by atoms with Crippen molar-refractivity contribution in [2.24, 2.45) is 0 Å². The number of aromatic nitrogens is 2. The molecular weight excluding hydrogens is 212 g/mol. The third-order valence-corrected chi connectivity index (χ3v) is 2.91. The third kappa shape index (κ3) is 1.99. The molecule has 0 saturated heterocycles. The fraction of sp³-hybridized carbons (Fsp3) is 0.231. The van der Waals surface area contributed by atoms with Crippen LogP contribution >= 0.6 is 0 Å². The van der Waals surface area contributed by atoms with Crippen LogP contribution in [-0.2, 0) is 13.1 Å². The molecule has 1 aliphatic rings. The summed E-state index contributed by atoms with van der Waals surface area (Å²) in [5.74, 6) is 0.908. The smallest absolute Gasteiger partial charge is 0.138 e. The summed E-state index contributed by atoms with van der Waals surface area (Å²) in [6.07, 6.45) is 1.62. The Morgan fingerprint density at radius 1 is 1.24 bits per heavy atom. The van der Waals surface area contributed by atoms with Crippen LogP contribution in [0.25, 0.3) is 0 Å². The van der Waals surface area contributed by atoms with Crippen LogP contribution < -0.4 is 10.6 Å². The summed E-state index contributed by atoms with van der Waals surface area (Å²) in [6, 6.07) is 8.27. The molecule has 0 atom stereocenters. The van der Waals surface area contributed by atoms with Crippen LogP contribution in [0.4, 0.5) is 11.5 Å². The number of hydrogen-bond donors (Lipinski definition) is 2. The van der Waals surface area contributed by atoms with Gasteiger partial charge < -0.3 is 10.6 Å². The van der Waals surface area contributed by atoms with Crippen LogP contribution in [0.5, 0.6) is 0 Å². The van der Waals surface area contributed by atoms with Crippen LogP contribution in [0.1, 0.15) is 16.8 Å². The highest BCUT2D eigenvalue weighted by molar-refractivity contribution is 5.61. The summed E-state index contributed by atoms with van der Waals surface area (Å²) in [4.78, 5) is 8.58. The van der Waals surface area contributed by atoms with E-state index in [-0.39, 0.29) is 0 Å². The maximum absolute atomic E-state index is 4.31. The molecule has 86 valence electrons. The topological polar surface area (TPSA) is 49.8 Å². The molecule has 1 aromatic carbocycles. The van der Waals surface area contributed by atoms with E-state index in [4.69, 9.17) is 0 Å². The van der Waals surface area contributed by atoms with Gasteiger partial charge in [0.25, 0.3) is 0 Å². The van der Waals surface area contributed by atoms with Gasteiger partial charge >= 0.3 is 0 Å². The molecule has 0 saturated carbocycles. The first-order valence-electron chi connectivity index (χ1n) is 5.70. The molecule has 4 heteroatoms. The van der Waals surface area contributed by atoms with E-state index in [0.717, 1.165) is 30.3 Å². The molecule has 17 heavy (non-hydrogen) atoms. The molecule has 0 spiro atoms. The highest BCUT2D eigenvalue weighted by atomic mass is 15.1. The van der Waals surface area contributed by atoms with Crippen LogP contribution in [0.15, 0.2) is 30.6 Å². The maximum Gasteiger partial charge on any atom is 0.138 e. The number of hydrogen-bond acceptors (Lipinski definition) is 4. The van der Waals surface area contributed by atoms with Crippen molar-refractivity contribution in [2.75, 3.05) is 5.32 Å². The van der Waals surface area contributed by atoms with Gasteiger partial charge in [-0.3, -0.25) is 0 Å². The molecule has 2 N–H and O–H groups in total. The SMILES string of the molecule is Cc1cccc(Nc2ncnc3c2CNC3)c1. The Kier molecular flexibility index (Phi) is 2.49. The Labute approximate surface area is 100 Å². The fourth-order valence-corrected chi connectivity index (χ4v) is 2.06. The van der Waals surface area contributed by atoms with E-state index < -0.39 is 0 Å². The first-order valence-corrected chi connectivity index (χ1v) is 5.70. The Hall–Kier alpha value is -1.94. The zero-order chi connectivity index (χ0) is 11.7. The van der Waals surface area contributed by atoms with E-state index in [2.05, 4.69) is 39.7 Å². The summed E-state index contributed by atoms with van der Waals surface area (Å²) in [7, 11) is 0. The van der Waals surface area contributed by atoms with Crippen LogP contribution in [0, 0.1) is 6.92 Å². The minimum absolute atomic E-state index is 0.834. The lowest BCUT2D eigenvalue weighted by molar-refractivity contribution is 0.758. The lowest BCUT2D eigenvalue weighted by Crippen LogP contribution is -2.02. The molecule has 4 nitrogen and oxygen atoms in total. The van der Waals surface area contributed by atoms with Gasteiger partial charge in [0, 0.05) is 24.3 Å². The second-order valence-corrected chi connectivity index (χ2v) is 4.25. The first-order chi connectivity index (χ1) is 8.33. The zero-order valence-electron chi connectivity index (χ0n) is 9.70. The van der Waals surface area contributed by atoms with Crippen molar-refractivity contribution in [3.63, 3.8) is 0 Å². The Morgan fingerprint density at radius 2 is 2.18 bits per heavy atom. The van der Waals surface area contributed by atoms with Gasteiger partial charge in [0.1, 0.15) is 12.1 Å². The van der Waals surface area contributed by atoms with Crippen LogP contribution in [0.3, 0.4) is 0 Å². The minimum Gasteiger partial charge on any atom is -0.340 e. The number of benzene rings is 1. The van der Waals surface area contributed by atoms with Crippen molar-refractivity contribution < 1.29 is 0 Å². The summed E-state index contributed by atoms with van der Waals surface area (Å²) < 4.78 is 0. The van der Waals surface area contributed by atoms with E-state index in [0.29, 0.717) is 0 Å². The van der Waals surface area contributed by atoms with Gasteiger partial charge in [-0.15, -0.1) is 0 Å². The van der Waals surface area contributed by atoms with E-state index >= 15 is 0 Å². The van der Waals surface area contributed by atoms with Crippen molar-refractivity contribution in [1.29, 1.82) is 0 Å². The molecule has 0 bridgehead atoms. The molecule has 0 fully saturated rings. The summed E-state index contributed by atoms with van der Waals surface area (Å²) in [5, 5.41) is 6.64. The lowest BCUT2D eigenvalue weighted by atomic mass is 10.2. The maximum atomic E-state index is 4.31. The van der Waals surface area contributed by atoms with E-state index in [1.165, 1.54) is 11.1 Å². The standard InChI is InChI=1S/C13H14N4/c1-9-3-2-4-10(5-9)17-13-11-6-14-7-12(11)15-8-16-13/h2-5,8,14H,6-7H2,1H3,(H,15,16,17). The van der Waals surface area contributed by atoms with Crippen molar-refractivity contribution in [2.45, 2.75) is 20.0 Å². The largest absolute Gasteiger partial charge is 0.340 e. The molecule has 1 aliphatic heterocycles. The van der Waals surface area contributed by atoms with Gasteiger partial charge in [-0.1, -0.05) is 12.1 Å². The van der Waals surface area contributed by atoms with Gasteiger partial charge in [0.05, 0.1) is 5.69 Å². The average Bonchev–Trinajstić information content (AvgIpc) is 2.78.